The minimum Gasteiger partial charge on any atom is -0.386 e. The van der Waals surface area contributed by atoms with Crippen molar-refractivity contribution in [2.24, 2.45) is 0 Å². The van der Waals surface area contributed by atoms with Crippen molar-refractivity contribution in [1.29, 1.82) is 0 Å². The van der Waals surface area contributed by atoms with Crippen molar-refractivity contribution >= 4 is 15.9 Å². The summed E-state index contributed by atoms with van der Waals surface area (Å²) in [6.45, 7) is 2.52. The summed E-state index contributed by atoms with van der Waals surface area (Å²) in [5, 5.41) is 10.6. The van der Waals surface area contributed by atoms with Gasteiger partial charge in [0.15, 0.2) is 0 Å². The van der Waals surface area contributed by atoms with E-state index in [1.807, 2.05) is 49.4 Å². The fourth-order valence-corrected chi connectivity index (χ4v) is 5.22. The Bertz CT molecular complexity index is 1320. The molecule has 5 heteroatoms. The summed E-state index contributed by atoms with van der Waals surface area (Å²) in [5.41, 5.74) is 4.45. The van der Waals surface area contributed by atoms with Crippen LogP contribution in [0.4, 0.5) is 0 Å². The first-order chi connectivity index (χ1) is 18.1. The van der Waals surface area contributed by atoms with E-state index < -0.39 is 11.6 Å². The predicted octanol–water partition coefficient (Wildman–Crippen LogP) is 7.04. The van der Waals surface area contributed by atoms with Crippen LogP contribution in [0.1, 0.15) is 39.9 Å². The second-order valence-corrected chi connectivity index (χ2v) is 9.96. The molecule has 1 N–H and O–H groups in total. The predicted molar refractivity (Wildman–Crippen MR) is 150 cm³/mol. The molecule has 4 nitrogen and oxygen atoms in total. The molecule has 37 heavy (non-hydrogen) atoms. The molecule has 0 amide bonds. The number of aromatic nitrogens is 2. The molecule has 0 aliphatic rings. The highest BCUT2D eigenvalue weighted by atomic mass is 79.9. The van der Waals surface area contributed by atoms with Gasteiger partial charge in [-0.25, -0.2) is 4.98 Å². The molecule has 4 aromatic carbocycles. The van der Waals surface area contributed by atoms with Crippen LogP contribution < -0.4 is 0 Å². The monoisotopic (exact) mass is 552 g/mol. The molecule has 0 bridgehead atoms. The minimum atomic E-state index is -0.701. The SMILES string of the molecule is Cc1nc(COCC(O)c2ccc(Br)cc2)cn1C(c1ccccc1)(c1ccccc1)c1ccccc1. The zero-order chi connectivity index (χ0) is 25.7. The van der Waals surface area contributed by atoms with E-state index in [9.17, 15) is 5.11 Å². The Morgan fingerprint density at radius 3 is 1.76 bits per heavy atom. The molecule has 186 valence electrons. The molecule has 1 aromatic heterocycles. The Labute approximate surface area is 226 Å². The number of aliphatic hydroxyl groups is 1. The highest BCUT2D eigenvalue weighted by Crippen LogP contribution is 2.41. The van der Waals surface area contributed by atoms with Gasteiger partial charge in [0.1, 0.15) is 17.5 Å². The number of benzene rings is 4. The largest absolute Gasteiger partial charge is 0.386 e. The van der Waals surface area contributed by atoms with Gasteiger partial charge >= 0.3 is 0 Å². The van der Waals surface area contributed by atoms with Gasteiger partial charge in [0, 0.05) is 10.7 Å². The van der Waals surface area contributed by atoms with E-state index in [4.69, 9.17) is 9.72 Å². The van der Waals surface area contributed by atoms with Crippen LogP contribution in [0.15, 0.2) is 126 Å². The Morgan fingerprint density at radius 1 is 0.784 bits per heavy atom. The first kappa shape index (κ1) is 25.2. The van der Waals surface area contributed by atoms with Gasteiger partial charge in [0.05, 0.1) is 18.9 Å². The van der Waals surface area contributed by atoms with Crippen LogP contribution in [0.25, 0.3) is 0 Å². The molecular formula is C32H29BrN2O2. The van der Waals surface area contributed by atoms with Crippen molar-refractivity contribution in [3.05, 3.63) is 160 Å². The van der Waals surface area contributed by atoms with Gasteiger partial charge in [-0.1, -0.05) is 119 Å². The van der Waals surface area contributed by atoms with Crippen molar-refractivity contribution in [2.75, 3.05) is 6.61 Å². The third kappa shape index (κ3) is 5.16. The van der Waals surface area contributed by atoms with Gasteiger partial charge in [0.25, 0.3) is 0 Å². The van der Waals surface area contributed by atoms with Crippen LogP contribution >= 0.6 is 15.9 Å². The molecule has 0 spiro atoms. The molecule has 5 aromatic rings. The number of rotatable bonds is 9. The lowest BCUT2D eigenvalue weighted by Gasteiger charge is -2.38. The number of halogens is 1. The van der Waals surface area contributed by atoms with Crippen molar-refractivity contribution in [2.45, 2.75) is 25.2 Å². The molecule has 5 rings (SSSR count). The maximum absolute atomic E-state index is 10.6. The van der Waals surface area contributed by atoms with Crippen LogP contribution in [0.2, 0.25) is 0 Å². The summed E-state index contributed by atoms with van der Waals surface area (Å²) < 4.78 is 9.15. The highest BCUT2D eigenvalue weighted by molar-refractivity contribution is 9.10. The number of aryl methyl sites for hydroxylation is 1. The van der Waals surface area contributed by atoms with Crippen LogP contribution in [-0.2, 0) is 16.9 Å². The quantitative estimate of drug-likeness (QED) is 0.199. The third-order valence-corrected chi connectivity index (χ3v) is 7.18. The van der Waals surface area contributed by atoms with E-state index in [1.165, 1.54) is 0 Å². The molecule has 1 unspecified atom stereocenters. The minimum absolute atomic E-state index is 0.189. The zero-order valence-electron chi connectivity index (χ0n) is 20.7. The van der Waals surface area contributed by atoms with Crippen molar-refractivity contribution in [1.82, 2.24) is 9.55 Å². The smallest absolute Gasteiger partial charge is 0.121 e. The fraction of sp³-hybridized carbons (Fsp3) is 0.156. The lowest BCUT2D eigenvalue weighted by Crippen LogP contribution is -2.38. The third-order valence-electron chi connectivity index (χ3n) is 6.65. The second-order valence-electron chi connectivity index (χ2n) is 9.04. The number of hydrogen-bond acceptors (Lipinski definition) is 3. The standard InChI is InChI=1S/C32H29BrN2O2/c1-24-34-30(22-37-23-31(36)25-17-19-29(33)20-18-25)21-35(24)32(26-11-5-2-6-12-26,27-13-7-3-8-14-27)28-15-9-4-10-16-28/h2-21,31,36H,22-23H2,1H3. The van der Waals surface area contributed by atoms with Crippen molar-refractivity contribution < 1.29 is 9.84 Å². The first-order valence-electron chi connectivity index (χ1n) is 12.3. The maximum atomic E-state index is 10.6. The molecular weight excluding hydrogens is 524 g/mol. The number of nitrogens with zero attached hydrogens (tertiary/aromatic N) is 2. The van der Waals surface area contributed by atoms with Crippen LogP contribution in [-0.4, -0.2) is 21.3 Å². The second kappa shape index (κ2) is 11.3. The normalized spacial score (nSPS) is 12.4. The number of imidazole rings is 1. The van der Waals surface area contributed by atoms with Crippen molar-refractivity contribution in [3.8, 4) is 0 Å². The summed E-state index contributed by atoms with van der Waals surface area (Å²) in [5.74, 6) is 0.878. The van der Waals surface area contributed by atoms with Crippen LogP contribution in [0, 0.1) is 6.92 Å². The molecule has 0 aliphatic carbocycles. The van der Waals surface area contributed by atoms with Crippen LogP contribution in [0.3, 0.4) is 0 Å². The van der Waals surface area contributed by atoms with E-state index in [0.717, 1.165) is 38.2 Å². The number of hydrogen-bond donors (Lipinski definition) is 1. The van der Waals surface area contributed by atoms with E-state index in [0.29, 0.717) is 6.61 Å². The molecule has 0 saturated carbocycles. The molecule has 1 atom stereocenters. The summed E-state index contributed by atoms with van der Waals surface area (Å²) in [6.07, 6.45) is 1.38. The maximum Gasteiger partial charge on any atom is 0.121 e. The molecule has 0 fully saturated rings. The summed E-state index contributed by atoms with van der Waals surface area (Å²) in [6, 6.07) is 39.2. The zero-order valence-corrected chi connectivity index (χ0v) is 22.3. The van der Waals surface area contributed by atoms with Gasteiger partial charge in [-0.15, -0.1) is 0 Å². The average Bonchev–Trinajstić information content (AvgIpc) is 3.31. The van der Waals surface area contributed by atoms with Gasteiger partial charge in [-0.3, -0.25) is 0 Å². The molecule has 0 radical (unpaired) electrons. The Hall–Kier alpha value is -3.51. The van der Waals surface area contributed by atoms with E-state index in [1.54, 1.807) is 0 Å². The van der Waals surface area contributed by atoms with E-state index in [-0.39, 0.29) is 6.61 Å². The highest BCUT2D eigenvalue weighted by Gasteiger charge is 2.39. The first-order valence-corrected chi connectivity index (χ1v) is 13.1. The molecule has 0 aliphatic heterocycles. The van der Waals surface area contributed by atoms with Crippen molar-refractivity contribution in [3.63, 3.8) is 0 Å². The number of ether oxygens (including phenoxy) is 1. The Morgan fingerprint density at radius 2 is 1.27 bits per heavy atom. The topological polar surface area (TPSA) is 47.3 Å². The Balaban J connectivity index is 1.52. The van der Waals surface area contributed by atoms with Gasteiger partial charge in [-0.2, -0.15) is 0 Å². The fourth-order valence-electron chi connectivity index (χ4n) is 4.95. The lowest BCUT2D eigenvalue weighted by atomic mass is 9.76. The van der Waals surface area contributed by atoms with Crippen LogP contribution in [0.5, 0.6) is 0 Å². The summed E-state index contributed by atoms with van der Waals surface area (Å²) in [7, 11) is 0. The summed E-state index contributed by atoms with van der Waals surface area (Å²) >= 11 is 3.43. The molecule has 0 saturated heterocycles. The number of aliphatic hydroxyl groups excluding tert-OH is 1. The van der Waals surface area contributed by atoms with E-state index in [2.05, 4.69) is 99.5 Å². The molecule has 1 heterocycles. The average molecular weight is 554 g/mol. The van der Waals surface area contributed by atoms with E-state index >= 15 is 0 Å². The van der Waals surface area contributed by atoms with Gasteiger partial charge in [0.2, 0.25) is 0 Å². The van der Waals surface area contributed by atoms with Gasteiger partial charge < -0.3 is 14.4 Å². The lowest BCUT2D eigenvalue weighted by molar-refractivity contribution is 0.0265. The van der Waals surface area contributed by atoms with Gasteiger partial charge in [-0.05, 0) is 41.3 Å². The Kier molecular flexibility index (Phi) is 7.65. The summed E-state index contributed by atoms with van der Waals surface area (Å²) in [4.78, 5) is 4.88.